The summed E-state index contributed by atoms with van der Waals surface area (Å²) in [6.07, 6.45) is -6.85. The summed E-state index contributed by atoms with van der Waals surface area (Å²) in [4.78, 5) is 0.979. The van der Waals surface area contributed by atoms with Crippen LogP contribution in [-0.4, -0.2) is 39.7 Å². The van der Waals surface area contributed by atoms with Gasteiger partial charge in [-0.15, -0.1) is 0 Å². The van der Waals surface area contributed by atoms with Crippen LogP contribution in [-0.2, 0) is 27.5 Å². The molecule has 0 radical (unpaired) electrons. The fraction of sp³-hybridized carbons (Fsp3) is 0.100. The summed E-state index contributed by atoms with van der Waals surface area (Å²) in [5.74, 6) is -6.91. The van der Waals surface area contributed by atoms with Gasteiger partial charge in [0.25, 0.3) is 0 Å². The lowest BCUT2D eigenvalue weighted by Crippen LogP contribution is -2.56. The Balaban J connectivity index is 0.000000232. The highest BCUT2D eigenvalue weighted by Gasteiger charge is 2.80. The van der Waals surface area contributed by atoms with E-state index in [9.17, 15) is 60.7 Å². The molecule has 0 aliphatic rings. The molecule has 0 spiro atoms. The molecule has 6 aromatic rings. The Morgan fingerprint density at radius 2 is 0.517 bits per heavy atom. The van der Waals surface area contributed by atoms with Crippen LogP contribution in [0.1, 0.15) is 0 Å². The highest BCUT2D eigenvalue weighted by molar-refractivity contribution is 8.33. The van der Waals surface area contributed by atoms with Crippen LogP contribution in [0.4, 0.5) is 43.9 Å². The van der Waals surface area contributed by atoms with Crippen LogP contribution in [0.15, 0.2) is 211 Å². The standard InChI is InChI=1S/C21H15F7O3S2.C19H15F3O3S2/c22-19(23,20(24,25)26)21(27,28)33(29,30)31-32(16-10-4-1-5-11-16,17-12-6-2-7-13-17)18-14-8-3-9-15-18;20-19(21,22)27(23,24)25-26(16-10-4-1-5-11-16,17-12-6-2-7-13-17)18-14-8-3-9-15-18/h1-15H;1-15H. The van der Waals surface area contributed by atoms with Gasteiger partial charge >= 0.3 is 43.1 Å². The van der Waals surface area contributed by atoms with E-state index in [0.717, 1.165) is 0 Å². The van der Waals surface area contributed by atoms with Gasteiger partial charge in [-0.2, -0.15) is 64.4 Å². The van der Waals surface area contributed by atoms with Crippen molar-refractivity contribution in [2.24, 2.45) is 0 Å². The van der Waals surface area contributed by atoms with Crippen molar-refractivity contribution >= 4 is 40.9 Å². The minimum Gasteiger partial charge on any atom is -0.202 e. The Morgan fingerprint density at radius 3 is 0.700 bits per heavy atom. The first-order valence-electron chi connectivity index (χ1n) is 16.8. The van der Waals surface area contributed by atoms with Crippen molar-refractivity contribution in [3.8, 4) is 0 Å². The zero-order valence-electron chi connectivity index (χ0n) is 30.2. The molecule has 0 unspecified atom stereocenters. The van der Waals surface area contributed by atoms with Crippen LogP contribution in [0.25, 0.3) is 0 Å². The lowest BCUT2D eigenvalue weighted by molar-refractivity contribution is -0.333. The van der Waals surface area contributed by atoms with E-state index in [1.165, 1.54) is 91.0 Å². The Morgan fingerprint density at radius 1 is 0.317 bits per heavy atom. The molecule has 0 aromatic heterocycles. The maximum Gasteiger partial charge on any atom is 0.524 e. The number of halogens is 10. The molecule has 0 bridgehead atoms. The van der Waals surface area contributed by atoms with Gasteiger partial charge in [0.05, 0.1) is 0 Å². The van der Waals surface area contributed by atoms with Gasteiger partial charge in [0, 0.05) is 29.4 Å². The molecule has 6 nitrogen and oxygen atoms in total. The minimum atomic E-state index is -6.91. The van der Waals surface area contributed by atoms with E-state index in [-0.39, 0.29) is 14.7 Å². The van der Waals surface area contributed by atoms with Crippen LogP contribution in [0.2, 0.25) is 0 Å². The van der Waals surface area contributed by atoms with Crippen molar-refractivity contribution in [1.29, 1.82) is 0 Å². The van der Waals surface area contributed by atoms with E-state index in [0.29, 0.717) is 14.7 Å². The van der Waals surface area contributed by atoms with E-state index in [4.69, 9.17) is 7.26 Å². The molecule has 0 atom stereocenters. The lowest BCUT2D eigenvalue weighted by Gasteiger charge is -2.40. The third-order valence-corrected chi connectivity index (χ3v) is 18.3. The maximum atomic E-state index is 14.4. The second-order valence-electron chi connectivity index (χ2n) is 12.1. The summed E-state index contributed by atoms with van der Waals surface area (Å²) in [7, 11) is -19.7. The van der Waals surface area contributed by atoms with E-state index in [1.807, 2.05) is 0 Å². The Hall–Kier alpha value is -4.86. The predicted molar refractivity (Wildman–Crippen MR) is 205 cm³/mol. The predicted octanol–water partition coefficient (Wildman–Crippen LogP) is 12.8. The SMILES string of the molecule is O=S(=O)(OS(c1ccccc1)(c1ccccc1)c1ccccc1)C(F)(F)C(F)(F)C(F)(F)F.O=S(=O)(OS(c1ccccc1)(c1ccccc1)c1ccccc1)C(F)(F)F. The molecule has 6 aromatic carbocycles. The van der Waals surface area contributed by atoms with Gasteiger partial charge < -0.3 is 0 Å². The second-order valence-corrected chi connectivity index (χ2v) is 21.0. The summed E-state index contributed by atoms with van der Waals surface area (Å²) in [5.41, 5.74) is -5.54. The Bertz CT molecular complexity index is 2340. The second kappa shape index (κ2) is 17.6. The molecule has 6 rings (SSSR count). The van der Waals surface area contributed by atoms with Gasteiger partial charge in [-0.1, -0.05) is 109 Å². The summed E-state index contributed by atoms with van der Waals surface area (Å²) in [6.45, 7) is 0. The van der Waals surface area contributed by atoms with Gasteiger partial charge in [-0.05, 0) is 93.4 Å². The third-order valence-electron chi connectivity index (χ3n) is 8.15. The zero-order valence-corrected chi connectivity index (χ0v) is 33.4. The number of hydrogen-bond acceptors (Lipinski definition) is 6. The van der Waals surface area contributed by atoms with Crippen LogP contribution in [0.3, 0.4) is 0 Å². The van der Waals surface area contributed by atoms with Gasteiger partial charge in [0.2, 0.25) is 0 Å². The number of alkyl halides is 10. The first-order valence-corrected chi connectivity index (χ1v) is 22.8. The van der Waals surface area contributed by atoms with Gasteiger partial charge in [-0.3, -0.25) is 0 Å². The van der Waals surface area contributed by atoms with E-state index >= 15 is 0 Å². The molecule has 0 fully saturated rings. The van der Waals surface area contributed by atoms with Gasteiger partial charge in [-0.25, -0.2) is 3.63 Å². The largest absolute Gasteiger partial charge is 0.524 e. The minimum absolute atomic E-state index is 0.0166. The van der Waals surface area contributed by atoms with Crippen molar-refractivity contribution in [2.75, 3.05) is 0 Å². The molecule has 320 valence electrons. The monoisotopic (exact) mass is 924 g/mol. The molecule has 0 aliphatic heterocycles. The number of benzene rings is 6. The summed E-state index contributed by atoms with van der Waals surface area (Å²) in [5, 5.41) is -6.62. The van der Waals surface area contributed by atoms with Gasteiger partial charge in [0.15, 0.2) is 0 Å². The van der Waals surface area contributed by atoms with E-state index in [1.54, 1.807) is 91.0 Å². The van der Waals surface area contributed by atoms with Crippen molar-refractivity contribution in [2.45, 2.75) is 52.2 Å². The Kier molecular flexibility index (Phi) is 13.6. The molecule has 60 heavy (non-hydrogen) atoms. The fourth-order valence-electron chi connectivity index (χ4n) is 5.40. The first-order chi connectivity index (χ1) is 28.0. The molecule has 0 heterocycles. The highest BCUT2D eigenvalue weighted by atomic mass is 32.3. The van der Waals surface area contributed by atoms with Crippen LogP contribution in [0.5, 0.6) is 0 Å². The molecular weight excluding hydrogens is 895 g/mol. The van der Waals surface area contributed by atoms with Crippen LogP contribution < -0.4 is 0 Å². The fourth-order valence-corrected chi connectivity index (χ4v) is 15.4. The highest BCUT2D eigenvalue weighted by Crippen LogP contribution is 2.72. The lowest BCUT2D eigenvalue weighted by atomic mass is 10.3. The first kappa shape index (κ1) is 46.2. The maximum absolute atomic E-state index is 14.4. The zero-order chi connectivity index (χ0) is 44.1. The Labute approximate surface area is 341 Å². The summed E-state index contributed by atoms with van der Waals surface area (Å²) >= 11 is 0. The van der Waals surface area contributed by atoms with Crippen molar-refractivity contribution in [1.82, 2.24) is 0 Å². The molecule has 0 aliphatic carbocycles. The van der Waals surface area contributed by atoms with Crippen molar-refractivity contribution < 1.29 is 68.0 Å². The number of hydrogen-bond donors (Lipinski definition) is 0. The molecule has 20 heteroatoms. The topological polar surface area (TPSA) is 86.7 Å². The van der Waals surface area contributed by atoms with Crippen molar-refractivity contribution in [3.05, 3.63) is 182 Å². The number of rotatable bonds is 12. The molecule has 0 saturated carbocycles. The molecule has 0 saturated heterocycles. The molecule has 0 N–H and O–H groups in total. The molecular formula is C40H30F10O6S4. The normalized spacial score (nSPS) is 13.8. The average molecular weight is 925 g/mol. The van der Waals surface area contributed by atoms with Crippen LogP contribution >= 0.6 is 20.6 Å². The van der Waals surface area contributed by atoms with E-state index < -0.39 is 63.7 Å². The van der Waals surface area contributed by atoms with Crippen molar-refractivity contribution in [3.63, 3.8) is 0 Å². The summed E-state index contributed by atoms with van der Waals surface area (Å²) in [6, 6.07) is 45.2. The van der Waals surface area contributed by atoms with Gasteiger partial charge in [0.1, 0.15) is 0 Å². The van der Waals surface area contributed by atoms with Crippen LogP contribution in [0, 0.1) is 0 Å². The smallest absolute Gasteiger partial charge is 0.202 e. The third kappa shape index (κ3) is 8.94. The average Bonchev–Trinajstić information content (AvgIpc) is 3.23. The molecule has 0 amide bonds. The van der Waals surface area contributed by atoms with E-state index in [2.05, 4.69) is 0 Å². The quantitative estimate of drug-likeness (QED) is 0.0898. The summed E-state index contributed by atoms with van der Waals surface area (Å²) < 4.78 is 193.